The third-order valence-electron chi connectivity index (χ3n) is 5.08. The highest BCUT2D eigenvalue weighted by Crippen LogP contribution is 2.25. The number of aromatic amines is 1. The highest BCUT2D eigenvalue weighted by Gasteiger charge is 2.16. The summed E-state index contributed by atoms with van der Waals surface area (Å²) in [7, 11) is 0. The summed E-state index contributed by atoms with van der Waals surface area (Å²) < 4.78 is 2.77. The molecule has 0 fully saturated rings. The first-order valence-electron chi connectivity index (χ1n) is 9.87. The molecule has 0 spiro atoms. The molecule has 0 bridgehead atoms. The van der Waals surface area contributed by atoms with Gasteiger partial charge in [0, 0.05) is 23.0 Å². The first kappa shape index (κ1) is 21.0. The van der Waals surface area contributed by atoms with Crippen LogP contribution in [0.15, 0.2) is 69.5 Å². The van der Waals surface area contributed by atoms with Crippen molar-refractivity contribution in [3.05, 3.63) is 97.3 Å². The molecule has 1 N–H and O–H groups in total. The fourth-order valence-corrected chi connectivity index (χ4v) is 4.63. The lowest BCUT2D eigenvalue weighted by molar-refractivity contribution is 0.818. The number of benzene rings is 2. The van der Waals surface area contributed by atoms with E-state index in [1.165, 1.54) is 28.5 Å². The number of halogens is 1. The Bertz CT molecular complexity index is 1710. The number of aromatic nitrogens is 5. The molecule has 2 aromatic carbocycles. The number of nitrogens with zero attached hydrogens (tertiary/aromatic N) is 5. The van der Waals surface area contributed by atoms with Crippen LogP contribution in [0.25, 0.3) is 22.2 Å². The fourth-order valence-electron chi connectivity index (χ4n) is 3.55. The van der Waals surface area contributed by atoms with E-state index < -0.39 is 0 Å². The van der Waals surface area contributed by atoms with Gasteiger partial charge < -0.3 is 0 Å². The van der Waals surface area contributed by atoms with Gasteiger partial charge in [-0.15, -0.1) is 0 Å². The number of rotatable bonds is 4. The van der Waals surface area contributed by atoms with Crippen LogP contribution in [0.3, 0.4) is 0 Å². The van der Waals surface area contributed by atoms with Gasteiger partial charge in [-0.05, 0) is 42.8 Å². The van der Waals surface area contributed by atoms with Crippen LogP contribution < -0.4 is 11.1 Å². The summed E-state index contributed by atoms with van der Waals surface area (Å²) >= 11 is 7.41. The van der Waals surface area contributed by atoms with Crippen LogP contribution in [-0.4, -0.2) is 24.1 Å². The number of aryl methyl sites for hydroxylation is 1. The Morgan fingerprint density at radius 2 is 2.00 bits per heavy atom. The molecule has 0 saturated heterocycles. The number of hydrogen-bond acceptors (Lipinski definition) is 6. The standard InChI is InChI=1S/C23H15ClN6O2S/c1-13-3-2-4-17(7-13)29-22(32)18-6-5-15(24)8-19(18)28-23(29)33-12-16-9-20(31)30-21(27-16)14(10-25)11-26-30/h2-9,11,26H,12H2,1H3. The highest BCUT2D eigenvalue weighted by atomic mass is 35.5. The molecule has 3 heterocycles. The fraction of sp³-hybridized carbons (Fsp3) is 0.0870. The lowest BCUT2D eigenvalue weighted by Gasteiger charge is -2.14. The third kappa shape index (κ3) is 3.80. The van der Waals surface area contributed by atoms with Crippen LogP contribution in [0.4, 0.5) is 0 Å². The van der Waals surface area contributed by atoms with E-state index in [-0.39, 0.29) is 28.1 Å². The zero-order valence-corrected chi connectivity index (χ0v) is 18.8. The second kappa shape index (κ2) is 8.24. The van der Waals surface area contributed by atoms with Crippen molar-refractivity contribution in [2.75, 3.05) is 0 Å². The molecule has 8 nitrogen and oxygen atoms in total. The molecule has 0 atom stereocenters. The average molecular weight is 475 g/mol. The van der Waals surface area contributed by atoms with Crippen LogP contribution in [0.2, 0.25) is 5.02 Å². The van der Waals surface area contributed by atoms with E-state index >= 15 is 0 Å². The first-order chi connectivity index (χ1) is 15.9. The van der Waals surface area contributed by atoms with Crippen molar-refractivity contribution in [2.24, 2.45) is 0 Å². The molecule has 0 unspecified atom stereocenters. The highest BCUT2D eigenvalue weighted by molar-refractivity contribution is 7.98. The van der Waals surface area contributed by atoms with Gasteiger partial charge in [0.15, 0.2) is 10.8 Å². The van der Waals surface area contributed by atoms with Crippen LogP contribution in [0.1, 0.15) is 16.8 Å². The molecule has 0 aliphatic heterocycles. The van der Waals surface area contributed by atoms with Crippen molar-refractivity contribution in [1.82, 2.24) is 24.1 Å². The lowest BCUT2D eigenvalue weighted by Crippen LogP contribution is -2.22. The molecule has 0 amide bonds. The van der Waals surface area contributed by atoms with Crippen LogP contribution >= 0.6 is 23.4 Å². The maximum atomic E-state index is 13.4. The number of H-pyrrole nitrogens is 1. The van der Waals surface area contributed by atoms with Gasteiger partial charge in [-0.25, -0.2) is 14.5 Å². The molecular weight excluding hydrogens is 460 g/mol. The average Bonchev–Trinajstić information content (AvgIpc) is 3.21. The van der Waals surface area contributed by atoms with Gasteiger partial charge in [-0.2, -0.15) is 5.26 Å². The van der Waals surface area contributed by atoms with Crippen molar-refractivity contribution in [1.29, 1.82) is 5.26 Å². The summed E-state index contributed by atoms with van der Waals surface area (Å²) in [5.74, 6) is 0.270. The zero-order valence-electron chi connectivity index (χ0n) is 17.2. The number of hydrogen-bond donors (Lipinski definition) is 1. The normalized spacial score (nSPS) is 11.2. The minimum absolute atomic E-state index is 0.217. The molecule has 0 aliphatic carbocycles. The van der Waals surface area contributed by atoms with Crippen molar-refractivity contribution in [2.45, 2.75) is 17.8 Å². The van der Waals surface area contributed by atoms with E-state index in [1.807, 2.05) is 37.3 Å². The van der Waals surface area contributed by atoms with Crippen LogP contribution in [-0.2, 0) is 5.75 Å². The minimum atomic E-state index is -0.327. The van der Waals surface area contributed by atoms with Gasteiger partial charge in [0.1, 0.15) is 11.6 Å². The molecule has 162 valence electrons. The second-order valence-electron chi connectivity index (χ2n) is 7.37. The van der Waals surface area contributed by atoms with Crippen LogP contribution in [0, 0.1) is 18.3 Å². The summed E-state index contributed by atoms with van der Waals surface area (Å²) in [6, 6.07) is 16.0. The quantitative estimate of drug-likeness (QED) is 0.313. The third-order valence-corrected chi connectivity index (χ3v) is 6.29. The Labute approximate surface area is 196 Å². The predicted molar refractivity (Wildman–Crippen MR) is 127 cm³/mol. The monoisotopic (exact) mass is 474 g/mol. The second-order valence-corrected chi connectivity index (χ2v) is 8.75. The van der Waals surface area contributed by atoms with Crippen molar-refractivity contribution in [3.63, 3.8) is 0 Å². The molecule has 33 heavy (non-hydrogen) atoms. The van der Waals surface area contributed by atoms with Crippen molar-refractivity contribution >= 4 is 39.9 Å². The molecule has 0 saturated carbocycles. The largest absolute Gasteiger partial charge is 0.295 e. The molecule has 0 aliphatic rings. The number of thioether (sulfide) groups is 1. The number of nitriles is 1. The molecular formula is C23H15ClN6O2S. The van der Waals surface area contributed by atoms with Crippen molar-refractivity contribution < 1.29 is 0 Å². The molecule has 5 rings (SSSR count). The summed E-state index contributed by atoms with van der Waals surface area (Å²) in [5.41, 5.74) is 2.63. The van der Waals surface area contributed by atoms with Gasteiger partial charge >= 0.3 is 0 Å². The summed E-state index contributed by atoms with van der Waals surface area (Å²) in [6.07, 6.45) is 1.44. The van der Waals surface area contributed by atoms with Gasteiger partial charge in [-0.3, -0.25) is 19.3 Å². The number of nitrogens with one attached hydrogen (secondary N) is 1. The van der Waals surface area contributed by atoms with Gasteiger partial charge in [0.25, 0.3) is 11.1 Å². The van der Waals surface area contributed by atoms with E-state index in [0.717, 1.165) is 5.56 Å². The predicted octanol–water partition coefficient (Wildman–Crippen LogP) is 3.85. The summed E-state index contributed by atoms with van der Waals surface area (Å²) in [5, 5.41) is 13.4. The van der Waals surface area contributed by atoms with E-state index in [0.29, 0.717) is 32.5 Å². The van der Waals surface area contributed by atoms with Gasteiger partial charge in [0.05, 0.1) is 22.3 Å². The van der Waals surface area contributed by atoms with Crippen LogP contribution in [0.5, 0.6) is 0 Å². The first-order valence-corrected chi connectivity index (χ1v) is 11.2. The molecule has 3 aromatic heterocycles. The Balaban J connectivity index is 1.64. The molecule has 5 aromatic rings. The Morgan fingerprint density at radius 1 is 1.15 bits per heavy atom. The zero-order chi connectivity index (χ0) is 23.1. The van der Waals surface area contributed by atoms with Crippen molar-refractivity contribution in [3.8, 4) is 11.8 Å². The molecule has 10 heteroatoms. The van der Waals surface area contributed by atoms with Gasteiger partial charge in [0.2, 0.25) is 0 Å². The van der Waals surface area contributed by atoms with Gasteiger partial charge in [-0.1, -0.05) is 35.5 Å². The van der Waals surface area contributed by atoms with E-state index in [1.54, 1.807) is 22.8 Å². The maximum absolute atomic E-state index is 13.4. The summed E-state index contributed by atoms with van der Waals surface area (Å²) in [6.45, 7) is 1.95. The SMILES string of the molecule is Cc1cccc(-n2c(SCc3cc(=O)n4[nH]cc(C#N)c4n3)nc3cc(Cl)ccc3c2=O)c1. The molecule has 0 radical (unpaired) electrons. The minimum Gasteiger partial charge on any atom is -0.295 e. The Kier molecular flexibility index (Phi) is 5.24. The smallest absolute Gasteiger partial charge is 0.272 e. The maximum Gasteiger partial charge on any atom is 0.272 e. The van der Waals surface area contributed by atoms with E-state index in [2.05, 4.69) is 10.1 Å². The topological polar surface area (TPSA) is 109 Å². The Hall–Kier alpha value is -3.87. The number of fused-ring (bicyclic) bond motifs is 2. The van der Waals surface area contributed by atoms with E-state index in [4.69, 9.17) is 16.6 Å². The Morgan fingerprint density at radius 3 is 2.79 bits per heavy atom. The van der Waals surface area contributed by atoms with E-state index in [9.17, 15) is 14.9 Å². The lowest BCUT2D eigenvalue weighted by atomic mass is 10.2. The summed E-state index contributed by atoms with van der Waals surface area (Å²) in [4.78, 5) is 35.0.